The maximum absolute atomic E-state index is 13.1. The van der Waals surface area contributed by atoms with Crippen molar-refractivity contribution in [2.75, 3.05) is 11.5 Å². The van der Waals surface area contributed by atoms with Crippen LogP contribution in [0.15, 0.2) is 58.4 Å². The van der Waals surface area contributed by atoms with E-state index in [0.29, 0.717) is 22.9 Å². The standard InChI is InChI=1S/C21H19N3O5S/c1-3-9-28-14-7-4-6-13(11-14)17-16(18(25)15-8-5-10-29-15)19(26)20(27)24(17)21-23-22-12(2)30-21/h4-8,10-11,17,26H,3,9H2,1-2H3/t17-/m0/s1. The number of hydrogen-bond donors (Lipinski definition) is 1. The summed E-state index contributed by atoms with van der Waals surface area (Å²) in [6, 6.07) is 9.26. The number of aryl methyl sites for hydroxylation is 1. The maximum atomic E-state index is 13.1. The lowest BCUT2D eigenvalue weighted by atomic mass is 9.95. The van der Waals surface area contributed by atoms with E-state index in [0.717, 1.165) is 6.42 Å². The molecule has 3 heterocycles. The van der Waals surface area contributed by atoms with Gasteiger partial charge in [0.1, 0.15) is 10.8 Å². The molecular weight excluding hydrogens is 406 g/mol. The molecule has 0 saturated carbocycles. The molecule has 0 aliphatic carbocycles. The number of Topliss-reactive ketones (excluding diaryl/α,β-unsaturated/α-hetero) is 1. The van der Waals surface area contributed by atoms with Crippen molar-refractivity contribution in [3.8, 4) is 5.75 Å². The van der Waals surface area contributed by atoms with E-state index >= 15 is 0 Å². The molecule has 0 spiro atoms. The second-order valence-electron chi connectivity index (χ2n) is 6.67. The van der Waals surface area contributed by atoms with Crippen molar-refractivity contribution in [2.24, 2.45) is 0 Å². The monoisotopic (exact) mass is 425 g/mol. The van der Waals surface area contributed by atoms with Gasteiger partial charge in [-0.15, -0.1) is 10.2 Å². The molecule has 0 fully saturated rings. The van der Waals surface area contributed by atoms with Gasteiger partial charge in [-0.3, -0.25) is 14.5 Å². The number of carbonyl (C=O) groups excluding carboxylic acids is 2. The molecule has 0 bridgehead atoms. The molecule has 1 aliphatic heterocycles. The van der Waals surface area contributed by atoms with E-state index in [1.807, 2.05) is 6.92 Å². The van der Waals surface area contributed by atoms with Gasteiger partial charge in [0.05, 0.1) is 24.5 Å². The quantitative estimate of drug-likeness (QED) is 0.570. The van der Waals surface area contributed by atoms with E-state index in [2.05, 4.69) is 10.2 Å². The van der Waals surface area contributed by atoms with Crippen molar-refractivity contribution in [1.82, 2.24) is 10.2 Å². The number of aliphatic hydroxyl groups is 1. The van der Waals surface area contributed by atoms with Gasteiger partial charge >= 0.3 is 0 Å². The lowest BCUT2D eigenvalue weighted by Gasteiger charge is -2.24. The second-order valence-corrected chi connectivity index (χ2v) is 7.83. The summed E-state index contributed by atoms with van der Waals surface area (Å²) in [5.41, 5.74) is 0.527. The molecule has 1 N–H and O–H groups in total. The number of furan rings is 1. The smallest absolute Gasteiger partial charge is 0.296 e. The third kappa shape index (κ3) is 3.48. The zero-order valence-electron chi connectivity index (χ0n) is 16.4. The molecule has 3 aromatic rings. The Bertz CT molecular complexity index is 1120. The van der Waals surface area contributed by atoms with E-state index in [1.54, 1.807) is 37.3 Å². The summed E-state index contributed by atoms with van der Waals surface area (Å²) in [5.74, 6) is -1.28. The first-order chi connectivity index (χ1) is 14.5. The number of benzene rings is 1. The topological polar surface area (TPSA) is 106 Å². The van der Waals surface area contributed by atoms with Crippen molar-refractivity contribution in [2.45, 2.75) is 26.3 Å². The van der Waals surface area contributed by atoms with Gasteiger partial charge in [-0.2, -0.15) is 0 Å². The highest BCUT2D eigenvalue weighted by molar-refractivity contribution is 7.15. The van der Waals surface area contributed by atoms with Gasteiger partial charge < -0.3 is 14.3 Å². The van der Waals surface area contributed by atoms with E-state index < -0.39 is 23.5 Å². The van der Waals surface area contributed by atoms with Gasteiger partial charge in [-0.05, 0) is 43.2 Å². The van der Waals surface area contributed by atoms with Gasteiger partial charge in [-0.25, -0.2) is 0 Å². The predicted molar refractivity (Wildman–Crippen MR) is 110 cm³/mol. The Morgan fingerprint density at radius 1 is 1.30 bits per heavy atom. The summed E-state index contributed by atoms with van der Waals surface area (Å²) in [4.78, 5) is 27.4. The first-order valence-corrected chi connectivity index (χ1v) is 10.2. The lowest BCUT2D eigenvalue weighted by Crippen LogP contribution is -2.31. The predicted octanol–water partition coefficient (Wildman–Crippen LogP) is 4.01. The maximum Gasteiger partial charge on any atom is 0.296 e. The minimum atomic E-state index is -0.896. The number of anilines is 1. The fourth-order valence-corrected chi connectivity index (χ4v) is 3.98. The SMILES string of the molecule is CCCOc1cccc([C@H]2C(C(=O)c3ccco3)=C(O)C(=O)N2c2nnc(C)s2)c1. The number of hydrogen-bond acceptors (Lipinski definition) is 8. The van der Waals surface area contributed by atoms with Crippen molar-refractivity contribution in [1.29, 1.82) is 0 Å². The fourth-order valence-electron chi connectivity index (χ4n) is 3.27. The summed E-state index contributed by atoms with van der Waals surface area (Å²) in [6.45, 7) is 4.30. The summed E-state index contributed by atoms with van der Waals surface area (Å²) in [5, 5.41) is 19.6. The van der Waals surface area contributed by atoms with Crippen LogP contribution >= 0.6 is 11.3 Å². The molecule has 1 atom stereocenters. The number of carbonyl (C=O) groups is 2. The zero-order chi connectivity index (χ0) is 21.3. The highest BCUT2D eigenvalue weighted by atomic mass is 32.1. The van der Waals surface area contributed by atoms with Crippen molar-refractivity contribution < 1.29 is 23.8 Å². The molecule has 1 amide bonds. The van der Waals surface area contributed by atoms with E-state index in [1.165, 1.54) is 28.6 Å². The van der Waals surface area contributed by atoms with Gasteiger partial charge in [0.25, 0.3) is 5.91 Å². The van der Waals surface area contributed by atoms with Crippen LogP contribution < -0.4 is 9.64 Å². The van der Waals surface area contributed by atoms with E-state index in [-0.39, 0.29) is 16.5 Å². The molecule has 4 rings (SSSR count). The highest BCUT2D eigenvalue weighted by Gasteiger charge is 2.46. The number of rotatable bonds is 7. The minimum Gasteiger partial charge on any atom is -0.503 e. The molecule has 0 radical (unpaired) electrons. The number of amides is 1. The van der Waals surface area contributed by atoms with Crippen LogP contribution in [0.3, 0.4) is 0 Å². The zero-order valence-corrected chi connectivity index (χ0v) is 17.2. The molecule has 154 valence electrons. The van der Waals surface area contributed by atoms with Crippen LogP contribution in [0.25, 0.3) is 0 Å². The molecule has 8 nitrogen and oxygen atoms in total. The molecule has 30 heavy (non-hydrogen) atoms. The Hall–Kier alpha value is -3.46. The number of aromatic nitrogens is 2. The first kappa shape index (κ1) is 19.8. The van der Waals surface area contributed by atoms with Crippen LogP contribution in [-0.4, -0.2) is 33.6 Å². The van der Waals surface area contributed by atoms with Crippen molar-refractivity contribution in [3.63, 3.8) is 0 Å². The normalized spacial score (nSPS) is 16.4. The summed E-state index contributed by atoms with van der Waals surface area (Å²) >= 11 is 1.20. The van der Waals surface area contributed by atoms with Gasteiger partial charge in [0.15, 0.2) is 11.5 Å². The van der Waals surface area contributed by atoms with Gasteiger partial charge in [0.2, 0.25) is 10.9 Å². The Morgan fingerprint density at radius 2 is 2.13 bits per heavy atom. The Balaban J connectivity index is 1.84. The van der Waals surface area contributed by atoms with Crippen LogP contribution in [-0.2, 0) is 4.79 Å². The number of nitrogens with zero attached hydrogens (tertiary/aromatic N) is 3. The van der Waals surface area contributed by atoms with Crippen LogP contribution in [0.4, 0.5) is 5.13 Å². The van der Waals surface area contributed by atoms with Crippen LogP contribution in [0.5, 0.6) is 5.75 Å². The van der Waals surface area contributed by atoms with E-state index in [4.69, 9.17) is 9.15 Å². The third-order valence-electron chi connectivity index (χ3n) is 4.57. The molecule has 2 aromatic heterocycles. The minimum absolute atomic E-state index is 0.0306. The molecule has 0 unspecified atom stereocenters. The van der Waals surface area contributed by atoms with Crippen LogP contribution in [0.1, 0.15) is 40.5 Å². The third-order valence-corrected chi connectivity index (χ3v) is 5.40. The number of aliphatic hydroxyl groups excluding tert-OH is 1. The van der Waals surface area contributed by atoms with Crippen molar-refractivity contribution >= 4 is 28.2 Å². The van der Waals surface area contributed by atoms with Crippen molar-refractivity contribution in [3.05, 3.63) is 70.3 Å². The fraction of sp³-hybridized carbons (Fsp3) is 0.238. The second kappa shape index (κ2) is 8.11. The first-order valence-electron chi connectivity index (χ1n) is 9.39. The average Bonchev–Trinajstić information content (AvgIpc) is 3.47. The van der Waals surface area contributed by atoms with Gasteiger partial charge in [0, 0.05) is 0 Å². The molecular formula is C21H19N3O5S. The van der Waals surface area contributed by atoms with Gasteiger partial charge in [-0.1, -0.05) is 30.4 Å². The largest absolute Gasteiger partial charge is 0.503 e. The molecule has 9 heteroatoms. The lowest BCUT2D eigenvalue weighted by molar-refractivity contribution is -0.117. The molecule has 0 saturated heterocycles. The molecule has 1 aliphatic rings. The van der Waals surface area contributed by atoms with E-state index in [9.17, 15) is 14.7 Å². The van der Waals surface area contributed by atoms with Crippen LogP contribution in [0, 0.1) is 6.92 Å². The molecule has 1 aromatic carbocycles. The number of ketones is 1. The summed E-state index contributed by atoms with van der Waals surface area (Å²) < 4.78 is 10.9. The average molecular weight is 425 g/mol. The van der Waals surface area contributed by atoms with Crippen LogP contribution in [0.2, 0.25) is 0 Å². The summed E-state index contributed by atoms with van der Waals surface area (Å²) in [6.07, 6.45) is 2.20. The Kier molecular flexibility index (Phi) is 5.37. The summed E-state index contributed by atoms with van der Waals surface area (Å²) in [7, 11) is 0. The number of ether oxygens (including phenoxy) is 1. The Labute approximate surface area is 176 Å². The Morgan fingerprint density at radius 3 is 2.80 bits per heavy atom. The highest BCUT2D eigenvalue weighted by Crippen LogP contribution is 2.43.